The lowest BCUT2D eigenvalue weighted by molar-refractivity contribution is -0.147. The number of benzene rings is 1. The van der Waals surface area contributed by atoms with Crippen molar-refractivity contribution >= 4 is 28.4 Å². The number of hydrogen-bond donors (Lipinski definition) is 1. The summed E-state index contributed by atoms with van der Waals surface area (Å²) in [5.74, 6) is -1.28. The summed E-state index contributed by atoms with van der Waals surface area (Å²) in [7, 11) is 0. The number of carboxylic acid groups (broad SMARTS) is 1. The van der Waals surface area contributed by atoms with E-state index in [4.69, 9.17) is 4.98 Å². The highest BCUT2D eigenvalue weighted by Gasteiger charge is 2.32. The van der Waals surface area contributed by atoms with Crippen LogP contribution in [0.3, 0.4) is 0 Å². The van der Waals surface area contributed by atoms with Crippen molar-refractivity contribution in [2.24, 2.45) is 5.92 Å². The van der Waals surface area contributed by atoms with Gasteiger partial charge in [-0.15, -0.1) is 0 Å². The molecule has 3 heterocycles. The molecule has 2 unspecified atom stereocenters. The highest BCUT2D eigenvalue weighted by Crippen LogP contribution is 2.25. The fourth-order valence-electron chi connectivity index (χ4n) is 4.37. The molecule has 2 aromatic heterocycles. The van der Waals surface area contributed by atoms with Crippen molar-refractivity contribution in [2.75, 3.05) is 6.54 Å². The Morgan fingerprint density at radius 2 is 1.97 bits per heavy atom. The zero-order valence-electron chi connectivity index (χ0n) is 17.1. The molecule has 29 heavy (non-hydrogen) atoms. The topological polar surface area (TPSA) is 87.8 Å². The molecule has 7 nitrogen and oxygen atoms in total. The predicted molar refractivity (Wildman–Crippen MR) is 110 cm³/mol. The summed E-state index contributed by atoms with van der Waals surface area (Å²) in [5.41, 5.74) is 4.66. The highest BCUT2D eigenvalue weighted by atomic mass is 16.4. The Bertz CT molecular complexity index is 1100. The number of aryl methyl sites for hydroxylation is 2. The molecule has 1 aliphatic rings. The minimum atomic E-state index is -0.818. The van der Waals surface area contributed by atoms with Crippen molar-refractivity contribution in [2.45, 2.75) is 52.5 Å². The van der Waals surface area contributed by atoms with Crippen LogP contribution in [0, 0.1) is 19.8 Å². The molecular weight excluding hydrogens is 368 g/mol. The quantitative estimate of drug-likeness (QED) is 0.734. The molecule has 152 valence electrons. The number of carbonyl (C=O) groups is 2. The fourth-order valence-corrected chi connectivity index (χ4v) is 4.37. The van der Waals surface area contributed by atoms with Gasteiger partial charge in [0.2, 0.25) is 5.91 Å². The summed E-state index contributed by atoms with van der Waals surface area (Å²) in [6.07, 6.45) is 2.27. The average Bonchev–Trinajstić information content (AvgIpc) is 3.06. The Labute approximate surface area is 169 Å². The first-order valence-electron chi connectivity index (χ1n) is 10.1. The van der Waals surface area contributed by atoms with Crippen molar-refractivity contribution in [3.8, 4) is 0 Å². The molecule has 1 aliphatic heterocycles. The van der Waals surface area contributed by atoms with Gasteiger partial charge in [-0.2, -0.15) is 5.10 Å². The van der Waals surface area contributed by atoms with Gasteiger partial charge in [-0.05, 0) is 57.7 Å². The van der Waals surface area contributed by atoms with Gasteiger partial charge in [0.15, 0.2) is 5.65 Å². The van der Waals surface area contributed by atoms with Crippen molar-refractivity contribution in [1.29, 1.82) is 0 Å². The van der Waals surface area contributed by atoms with Crippen LogP contribution < -0.4 is 0 Å². The van der Waals surface area contributed by atoms with Gasteiger partial charge in [0, 0.05) is 35.8 Å². The molecule has 1 fully saturated rings. The first kappa shape index (κ1) is 19.4. The second-order valence-corrected chi connectivity index (χ2v) is 8.02. The predicted octanol–water partition coefficient (Wildman–Crippen LogP) is 3.14. The normalized spacial score (nSPS) is 19.8. The Kier molecular flexibility index (Phi) is 4.98. The standard InChI is InChI=1S/C22H26N4O3/c1-13-8-9-16(22(28)29)12-25(13)20(27)11-10-17-14(2)23-21-18-6-4-5-7-19(18)24-26(21)15(17)3/h4-7,13,16H,8-12H2,1-3H3,(H,28,29). The number of hydrogen-bond acceptors (Lipinski definition) is 4. The smallest absolute Gasteiger partial charge is 0.308 e. The van der Waals surface area contributed by atoms with Crippen LogP contribution in [-0.4, -0.2) is 49.1 Å². The number of piperidine rings is 1. The molecular formula is C22H26N4O3. The molecule has 0 radical (unpaired) electrons. The van der Waals surface area contributed by atoms with Gasteiger partial charge in [-0.1, -0.05) is 12.1 Å². The number of carboxylic acids is 1. The van der Waals surface area contributed by atoms with E-state index < -0.39 is 11.9 Å². The van der Waals surface area contributed by atoms with Crippen LogP contribution in [0.4, 0.5) is 0 Å². The van der Waals surface area contributed by atoms with Gasteiger partial charge in [-0.3, -0.25) is 9.59 Å². The summed E-state index contributed by atoms with van der Waals surface area (Å²) in [4.78, 5) is 30.7. The van der Waals surface area contributed by atoms with E-state index in [-0.39, 0.29) is 11.9 Å². The van der Waals surface area contributed by atoms with Crippen molar-refractivity contribution in [1.82, 2.24) is 19.5 Å². The number of carbonyl (C=O) groups excluding carboxylic acids is 1. The zero-order valence-corrected chi connectivity index (χ0v) is 17.1. The molecule has 1 aromatic carbocycles. The largest absolute Gasteiger partial charge is 0.481 e. The van der Waals surface area contributed by atoms with E-state index in [1.54, 1.807) is 4.90 Å². The maximum Gasteiger partial charge on any atom is 0.308 e. The monoisotopic (exact) mass is 394 g/mol. The number of aliphatic carboxylic acids is 1. The van der Waals surface area contributed by atoms with E-state index >= 15 is 0 Å². The molecule has 1 N–H and O–H groups in total. The van der Waals surface area contributed by atoms with Crippen LogP contribution in [0.5, 0.6) is 0 Å². The Morgan fingerprint density at radius 3 is 2.72 bits per heavy atom. The number of nitrogens with zero attached hydrogens (tertiary/aromatic N) is 4. The molecule has 4 rings (SSSR count). The summed E-state index contributed by atoms with van der Waals surface area (Å²) in [6, 6.07) is 8.01. The Balaban J connectivity index is 1.57. The SMILES string of the molecule is Cc1nc2c3ccccc3nn2c(C)c1CCC(=O)N1CC(C(=O)O)CCC1C. The van der Waals surface area contributed by atoms with Crippen LogP contribution in [0.15, 0.2) is 24.3 Å². The van der Waals surface area contributed by atoms with Gasteiger partial charge < -0.3 is 10.0 Å². The minimum absolute atomic E-state index is 0.00738. The van der Waals surface area contributed by atoms with Gasteiger partial charge in [0.1, 0.15) is 0 Å². The molecule has 0 aliphatic carbocycles. The van der Waals surface area contributed by atoms with Gasteiger partial charge in [0.05, 0.1) is 11.4 Å². The lowest BCUT2D eigenvalue weighted by Gasteiger charge is -2.36. The Morgan fingerprint density at radius 1 is 1.21 bits per heavy atom. The second kappa shape index (κ2) is 7.46. The highest BCUT2D eigenvalue weighted by molar-refractivity contribution is 5.92. The van der Waals surface area contributed by atoms with Crippen molar-refractivity contribution in [3.05, 3.63) is 41.2 Å². The van der Waals surface area contributed by atoms with E-state index in [0.29, 0.717) is 25.8 Å². The van der Waals surface area contributed by atoms with E-state index in [0.717, 1.165) is 39.9 Å². The molecule has 2 atom stereocenters. The maximum atomic E-state index is 12.9. The lowest BCUT2D eigenvalue weighted by atomic mass is 9.93. The number of likely N-dealkylation sites (tertiary alicyclic amines) is 1. The third-order valence-corrected chi connectivity index (χ3v) is 6.16. The number of rotatable bonds is 4. The van der Waals surface area contributed by atoms with E-state index in [2.05, 4.69) is 5.10 Å². The van der Waals surface area contributed by atoms with Crippen LogP contribution in [0.2, 0.25) is 0 Å². The average molecular weight is 394 g/mol. The number of aromatic nitrogens is 3. The first-order valence-corrected chi connectivity index (χ1v) is 10.1. The third-order valence-electron chi connectivity index (χ3n) is 6.16. The van der Waals surface area contributed by atoms with Crippen molar-refractivity contribution in [3.63, 3.8) is 0 Å². The second-order valence-electron chi connectivity index (χ2n) is 8.02. The van der Waals surface area contributed by atoms with Crippen molar-refractivity contribution < 1.29 is 14.7 Å². The number of amides is 1. The van der Waals surface area contributed by atoms with Gasteiger partial charge in [0.25, 0.3) is 0 Å². The van der Waals surface area contributed by atoms with E-state index in [9.17, 15) is 14.7 Å². The molecule has 1 amide bonds. The first-order chi connectivity index (χ1) is 13.9. The van der Waals surface area contributed by atoms with E-state index in [1.807, 2.05) is 49.6 Å². The molecule has 0 bridgehead atoms. The summed E-state index contributed by atoms with van der Waals surface area (Å²) < 4.78 is 1.86. The molecule has 7 heteroatoms. The Hall–Kier alpha value is -2.96. The minimum Gasteiger partial charge on any atom is -0.481 e. The summed E-state index contributed by atoms with van der Waals surface area (Å²) >= 11 is 0. The summed E-state index contributed by atoms with van der Waals surface area (Å²) in [6.45, 7) is 6.28. The van der Waals surface area contributed by atoms with Crippen LogP contribution in [0.1, 0.15) is 43.1 Å². The summed E-state index contributed by atoms with van der Waals surface area (Å²) in [5, 5.41) is 15.0. The maximum absolute atomic E-state index is 12.9. The van der Waals surface area contributed by atoms with Crippen LogP contribution >= 0.6 is 0 Å². The zero-order chi connectivity index (χ0) is 20.7. The number of fused-ring (bicyclic) bond motifs is 3. The molecule has 3 aromatic rings. The molecule has 0 spiro atoms. The van der Waals surface area contributed by atoms with E-state index in [1.165, 1.54) is 0 Å². The molecule has 0 saturated carbocycles. The third kappa shape index (κ3) is 3.45. The van der Waals surface area contributed by atoms with Crippen LogP contribution in [0.25, 0.3) is 16.6 Å². The fraction of sp³-hybridized carbons (Fsp3) is 0.455. The van der Waals surface area contributed by atoms with Gasteiger partial charge in [-0.25, -0.2) is 9.50 Å². The van der Waals surface area contributed by atoms with Gasteiger partial charge >= 0.3 is 5.97 Å². The lowest BCUT2D eigenvalue weighted by Crippen LogP contribution is -2.47. The van der Waals surface area contributed by atoms with Crippen LogP contribution in [-0.2, 0) is 16.0 Å². The molecule has 1 saturated heterocycles.